The van der Waals surface area contributed by atoms with Gasteiger partial charge in [0.2, 0.25) is 0 Å². The molecule has 98 valence electrons. The Hall–Kier alpha value is -1.10. The first-order valence-corrected chi connectivity index (χ1v) is 6.63. The van der Waals surface area contributed by atoms with Gasteiger partial charge in [-0.25, -0.2) is 5.01 Å². The van der Waals surface area contributed by atoms with Gasteiger partial charge in [0, 0.05) is 26.1 Å². The van der Waals surface area contributed by atoms with E-state index < -0.39 is 0 Å². The van der Waals surface area contributed by atoms with E-state index in [0.29, 0.717) is 0 Å². The Morgan fingerprint density at radius 1 is 1.33 bits per heavy atom. The summed E-state index contributed by atoms with van der Waals surface area (Å²) in [6.07, 6.45) is 1.26. The van der Waals surface area contributed by atoms with Crippen LogP contribution in [0.15, 0.2) is 18.2 Å². The second-order valence-corrected chi connectivity index (χ2v) is 5.02. The maximum Gasteiger partial charge on any atom is 0.123 e. The third kappa shape index (κ3) is 2.66. The average molecular weight is 248 g/mol. The summed E-state index contributed by atoms with van der Waals surface area (Å²) >= 11 is 0. The van der Waals surface area contributed by atoms with Crippen molar-refractivity contribution in [1.82, 2.24) is 10.4 Å². The van der Waals surface area contributed by atoms with Crippen molar-refractivity contribution in [3.05, 3.63) is 29.3 Å². The molecule has 0 bridgehead atoms. The summed E-state index contributed by atoms with van der Waals surface area (Å²) in [4.78, 5) is 0. The van der Waals surface area contributed by atoms with Gasteiger partial charge in [0.1, 0.15) is 11.9 Å². The molecule has 1 aromatic carbocycles. The quantitative estimate of drug-likeness (QED) is 0.869. The lowest BCUT2D eigenvalue weighted by Crippen LogP contribution is -2.48. The molecule has 18 heavy (non-hydrogen) atoms. The lowest BCUT2D eigenvalue weighted by atomic mass is 10.1. The zero-order chi connectivity index (χ0) is 12.4. The van der Waals surface area contributed by atoms with Gasteiger partial charge in [-0.15, -0.1) is 0 Å². The number of nitrogens with zero attached hydrogens (tertiary/aromatic N) is 1. The predicted molar refractivity (Wildman–Crippen MR) is 69.7 cm³/mol. The molecule has 1 fully saturated rings. The van der Waals surface area contributed by atoms with Crippen molar-refractivity contribution in [2.45, 2.75) is 19.4 Å². The average Bonchev–Trinajstić information content (AvgIpc) is 2.79. The molecular formula is C14H20N2O2. The van der Waals surface area contributed by atoms with E-state index in [1.807, 2.05) is 0 Å². The van der Waals surface area contributed by atoms with Crippen LogP contribution >= 0.6 is 0 Å². The van der Waals surface area contributed by atoms with Crippen LogP contribution < -0.4 is 10.2 Å². The smallest absolute Gasteiger partial charge is 0.123 e. The number of nitrogens with one attached hydrogen (secondary N) is 1. The fourth-order valence-corrected chi connectivity index (χ4v) is 2.52. The Bertz CT molecular complexity index is 416. The normalized spacial score (nSPS) is 23.7. The zero-order valence-corrected chi connectivity index (χ0v) is 10.8. The van der Waals surface area contributed by atoms with Crippen molar-refractivity contribution in [2.24, 2.45) is 0 Å². The van der Waals surface area contributed by atoms with E-state index in [-0.39, 0.29) is 6.10 Å². The summed E-state index contributed by atoms with van der Waals surface area (Å²) in [6.45, 7) is 6.54. The molecule has 0 aliphatic carbocycles. The largest absolute Gasteiger partial charge is 0.488 e. The first kappa shape index (κ1) is 12.0. The van der Waals surface area contributed by atoms with E-state index in [1.165, 1.54) is 11.1 Å². The lowest BCUT2D eigenvalue weighted by molar-refractivity contribution is 0.00625. The van der Waals surface area contributed by atoms with Crippen molar-refractivity contribution >= 4 is 0 Å². The number of aryl methyl sites for hydroxylation is 1. The minimum Gasteiger partial charge on any atom is -0.488 e. The number of hydrogen-bond acceptors (Lipinski definition) is 4. The topological polar surface area (TPSA) is 33.7 Å². The van der Waals surface area contributed by atoms with Gasteiger partial charge in [0.25, 0.3) is 0 Å². The summed E-state index contributed by atoms with van der Waals surface area (Å²) in [5.41, 5.74) is 6.08. The highest BCUT2D eigenvalue weighted by Crippen LogP contribution is 2.29. The molecule has 4 nitrogen and oxygen atoms in total. The fourth-order valence-electron chi connectivity index (χ4n) is 2.52. The summed E-state index contributed by atoms with van der Waals surface area (Å²) in [6, 6.07) is 6.42. The number of fused-ring (bicyclic) bond motifs is 1. The van der Waals surface area contributed by atoms with Crippen molar-refractivity contribution in [1.29, 1.82) is 0 Å². The maximum absolute atomic E-state index is 5.93. The van der Waals surface area contributed by atoms with E-state index in [4.69, 9.17) is 9.47 Å². The molecule has 1 atom stereocenters. The number of morpholine rings is 1. The van der Waals surface area contributed by atoms with Crippen LogP contribution in [0.3, 0.4) is 0 Å². The molecule has 0 amide bonds. The molecule has 3 rings (SSSR count). The summed E-state index contributed by atoms with van der Waals surface area (Å²) < 4.78 is 11.3. The van der Waals surface area contributed by atoms with Gasteiger partial charge in [-0.05, 0) is 18.6 Å². The van der Waals surface area contributed by atoms with Crippen molar-refractivity contribution < 1.29 is 9.47 Å². The molecule has 0 spiro atoms. The summed E-state index contributed by atoms with van der Waals surface area (Å²) in [5.74, 6) is 1.05. The molecule has 1 unspecified atom stereocenters. The van der Waals surface area contributed by atoms with E-state index in [2.05, 4.69) is 35.6 Å². The third-order valence-corrected chi connectivity index (χ3v) is 3.51. The van der Waals surface area contributed by atoms with Gasteiger partial charge >= 0.3 is 0 Å². The molecule has 0 radical (unpaired) electrons. The summed E-state index contributed by atoms with van der Waals surface area (Å²) in [5, 5.41) is 2.22. The molecule has 1 saturated heterocycles. The first-order chi connectivity index (χ1) is 8.81. The van der Waals surface area contributed by atoms with E-state index in [9.17, 15) is 0 Å². The summed E-state index contributed by atoms with van der Waals surface area (Å²) in [7, 11) is 0. The molecule has 2 aliphatic heterocycles. The van der Waals surface area contributed by atoms with Crippen molar-refractivity contribution in [2.75, 3.05) is 32.8 Å². The van der Waals surface area contributed by atoms with Gasteiger partial charge in [-0.2, -0.15) is 0 Å². The van der Waals surface area contributed by atoms with Gasteiger partial charge in [0.05, 0.1) is 13.2 Å². The SMILES string of the molecule is Cc1ccc2c(c1)CC(CNN1CCOCC1)O2. The Morgan fingerprint density at radius 3 is 3.00 bits per heavy atom. The minimum absolute atomic E-state index is 0.254. The number of rotatable bonds is 3. The number of hydrazine groups is 1. The van der Waals surface area contributed by atoms with E-state index >= 15 is 0 Å². The Balaban J connectivity index is 1.51. The molecule has 0 aromatic heterocycles. The molecule has 2 aliphatic rings. The Morgan fingerprint density at radius 2 is 2.17 bits per heavy atom. The Kier molecular flexibility index (Phi) is 3.50. The second kappa shape index (κ2) is 5.26. The molecule has 0 saturated carbocycles. The van der Waals surface area contributed by atoms with Crippen LogP contribution in [0.25, 0.3) is 0 Å². The van der Waals surface area contributed by atoms with Crippen LogP contribution in [0.4, 0.5) is 0 Å². The van der Waals surface area contributed by atoms with Crippen molar-refractivity contribution in [3.8, 4) is 5.75 Å². The van der Waals surface area contributed by atoms with Crippen molar-refractivity contribution in [3.63, 3.8) is 0 Å². The van der Waals surface area contributed by atoms with Gasteiger partial charge in [-0.1, -0.05) is 17.7 Å². The lowest BCUT2D eigenvalue weighted by Gasteiger charge is -2.28. The molecule has 4 heteroatoms. The van der Waals surface area contributed by atoms with Gasteiger partial charge in [0.15, 0.2) is 0 Å². The van der Waals surface area contributed by atoms with Crippen LogP contribution in [0.2, 0.25) is 0 Å². The van der Waals surface area contributed by atoms with Crippen LogP contribution in [0, 0.1) is 6.92 Å². The van der Waals surface area contributed by atoms with Crippen LogP contribution in [-0.2, 0) is 11.2 Å². The van der Waals surface area contributed by atoms with E-state index in [0.717, 1.165) is 45.0 Å². The zero-order valence-electron chi connectivity index (χ0n) is 10.8. The third-order valence-electron chi connectivity index (χ3n) is 3.51. The molecule has 2 heterocycles. The van der Waals surface area contributed by atoms with Crippen LogP contribution in [-0.4, -0.2) is 44.0 Å². The highest BCUT2D eigenvalue weighted by molar-refractivity contribution is 5.40. The van der Waals surface area contributed by atoms with Crippen LogP contribution in [0.1, 0.15) is 11.1 Å². The Labute approximate surface area is 108 Å². The number of ether oxygens (including phenoxy) is 2. The first-order valence-electron chi connectivity index (χ1n) is 6.63. The second-order valence-electron chi connectivity index (χ2n) is 5.02. The highest BCUT2D eigenvalue weighted by atomic mass is 16.5. The van der Waals surface area contributed by atoms with Crippen LogP contribution in [0.5, 0.6) is 5.75 Å². The predicted octanol–water partition coefficient (Wildman–Crippen LogP) is 1.14. The van der Waals surface area contributed by atoms with E-state index in [1.54, 1.807) is 0 Å². The highest BCUT2D eigenvalue weighted by Gasteiger charge is 2.23. The minimum atomic E-state index is 0.254. The standard InChI is InChI=1S/C14H20N2O2/c1-11-2-3-14-12(8-11)9-13(18-14)10-15-16-4-6-17-7-5-16/h2-3,8,13,15H,4-7,9-10H2,1H3. The number of benzene rings is 1. The molecule has 1 aromatic rings. The maximum atomic E-state index is 5.93. The number of hydrogen-bond donors (Lipinski definition) is 1. The van der Waals surface area contributed by atoms with Gasteiger partial charge < -0.3 is 9.47 Å². The fraction of sp³-hybridized carbons (Fsp3) is 0.571. The monoisotopic (exact) mass is 248 g/mol. The molecular weight excluding hydrogens is 228 g/mol. The molecule has 1 N–H and O–H groups in total. The van der Waals surface area contributed by atoms with Gasteiger partial charge in [-0.3, -0.25) is 5.43 Å².